The van der Waals surface area contributed by atoms with Crippen LogP contribution in [0.5, 0.6) is 0 Å². The van der Waals surface area contributed by atoms with Gasteiger partial charge in [-0.05, 0) is 25.7 Å². The summed E-state index contributed by atoms with van der Waals surface area (Å²) in [5.74, 6) is 1.05. The Morgan fingerprint density at radius 3 is 2.58 bits per heavy atom. The lowest BCUT2D eigenvalue weighted by Crippen LogP contribution is -2.37. The van der Waals surface area contributed by atoms with Crippen LogP contribution in [0.25, 0.3) is 0 Å². The Labute approximate surface area is 118 Å². The third-order valence-corrected chi connectivity index (χ3v) is 4.82. The van der Waals surface area contributed by atoms with Gasteiger partial charge in [0.25, 0.3) is 5.91 Å². The molecule has 1 saturated carbocycles. The molecule has 2 N–H and O–H groups in total. The summed E-state index contributed by atoms with van der Waals surface area (Å²) in [6, 6.07) is 0. The summed E-state index contributed by atoms with van der Waals surface area (Å²) in [5.41, 5.74) is 5.88. The first kappa shape index (κ1) is 14.1. The first-order chi connectivity index (χ1) is 9.02. The number of amides is 1. The maximum Gasteiger partial charge on any atom is 0.267 e. The van der Waals surface area contributed by atoms with Crippen molar-refractivity contribution in [1.82, 2.24) is 9.88 Å². The second-order valence-corrected chi connectivity index (χ2v) is 6.22. The Hall–Kier alpha value is -1.30. The highest BCUT2D eigenvalue weighted by atomic mass is 32.1. The predicted molar refractivity (Wildman–Crippen MR) is 79.8 cm³/mol. The highest BCUT2D eigenvalue weighted by molar-refractivity contribution is 7.18. The number of hydrogen-bond donors (Lipinski definition) is 1. The van der Waals surface area contributed by atoms with Gasteiger partial charge >= 0.3 is 0 Å². The van der Waals surface area contributed by atoms with Crippen molar-refractivity contribution < 1.29 is 4.79 Å². The lowest BCUT2D eigenvalue weighted by Gasteiger charge is -2.31. The third-order valence-electron chi connectivity index (χ3n) is 3.59. The van der Waals surface area contributed by atoms with Crippen LogP contribution in [0.15, 0.2) is 0 Å². The summed E-state index contributed by atoms with van der Waals surface area (Å²) < 4.78 is 0. The molecule has 5 nitrogen and oxygen atoms in total. The largest absolute Gasteiger partial charge is 0.382 e. The van der Waals surface area contributed by atoms with Crippen LogP contribution in [0.1, 0.15) is 35.9 Å². The highest BCUT2D eigenvalue weighted by Gasteiger charge is 2.26. The van der Waals surface area contributed by atoms with E-state index in [1.807, 2.05) is 30.8 Å². The fourth-order valence-corrected chi connectivity index (χ4v) is 3.03. The van der Waals surface area contributed by atoms with Gasteiger partial charge in [-0.1, -0.05) is 17.8 Å². The summed E-state index contributed by atoms with van der Waals surface area (Å²) in [6.45, 7) is 3.59. The number of nitrogen functional groups attached to an aromatic ring is 1. The van der Waals surface area contributed by atoms with Crippen LogP contribution in [-0.4, -0.2) is 43.0 Å². The molecular formula is C13H22N4OS. The zero-order valence-corrected chi connectivity index (χ0v) is 12.7. The first-order valence-electron chi connectivity index (χ1n) is 6.75. The van der Waals surface area contributed by atoms with Gasteiger partial charge in [-0.25, -0.2) is 4.98 Å². The molecule has 106 valence electrons. The van der Waals surface area contributed by atoms with E-state index in [9.17, 15) is 4.79 Å². The molecule has 0 unspecified atom stereocenters. The summed E-state index contributed by atoms with van der Waals surface area (Å²) in [4.78, 5) is 21.1. The zero-order chi connectivity index (χ0) is 14.0. The number of carbonyl (C=O) groups excluding carboxylic acids is 1. The van der Waals surface area contributed by atoms with E-state index in [2.05, 4.69) is 4.98 Å². The number of nitrogens with zero attached hydrogens (tertiary/aromatic N) is 3. The van der Waals surface area contributed by atoms with Crippen LogP contribution in [0, 0.1) is 5.92 Å². The van der Waals surface area contributed by atoms with Crippen molar-refractivity contribution in [3.8, 4) is 0 Å². The molecule has 0 bridgehead atoms. The number of carbonyl (C=O) groups is 1. The molecule has 0 atom stereocenters. The Morgan fingerprint density at radius 2 is 2.16 bits per heavy atom. The van der Waals surface area contributed by atoms with Crippen LogP contribution >= 0.6 is 11.3 Å². The molecule has 19 heavy (non-hydrogen) atoms. The van der Waals surface area contributed by atoms with Crippen molar-refractivity contribution in [2.75, 3.05) is 37.8 Å². The second-order valence-electron chi connectivity index (χ2n) is 5.25. The molecular weight excluding hydrogens is 260 g/mol. The van der Waals surface area contributed by atoms with Gasteiger partial charge in [0.05, 0.1) is 0 Å². The minimum Gasteiger partial charge on any atom is -0.382 e. The SMILES string of the molecule is CCN(CC1CCC1)C(=O)c1sc(N(C)C)nc1N. The van der Waals surface area contributed by atoms with Gasteiger partial charge < -0.3 is 15.5 Å². The number of nitrogens with two attached hydrogens (primary N) is 1. The van der Waals surface area contributed by atoms with E-state index >= 15 is 0 Å². The van der Waals surface area contributed by atoms with E-state index in [0.29, 0.717) is 16.6 Å². The average molecular weight is 282 g/mol. The Kier molecular flexibility index (Phi) is 4.29. The lowest BCUT2D eigenvalue weighted by molar-refractivity contribution is 0.0712. The van der Waals surface area contributed by atoms with Crippen molar-refractivity contribution in [2.45, 2.75) is 26.2 Å². The number of rotatable bonds is 5. The van der Waals surface area contributed by atoms with Gasteiger partial charge in [0.2, 0.25) is 0 Å². The monoisotopic (exact) mass is 282 g/mol. The van der Waals surface area contributed by atoms with Crippen LogP contribution in [0.3, 0.4) is 0 Å². The fourth-order valence-electron chi connectivity index (χ4n) is 2.15. The van der Waals surface area contributed by atoms with Crippen molar-refractivity contribution in [2.24, 2.45) is 5.92 Å². The van der Waals surface area contributed by atoms with Crippen LogP contribution in [0.2, 0.25) is 0 Å². The van der Waals surface area contributed by atoms with Crippen molar-refractivity contribution in [1.29, 1.82) is 0 Å². The Balaban J connectivity index is 2.11. The minimum atomic E-state index is 0.0255. The van der Waals surface area contributed by atoms with Gasteiger partial charge in [-0.3, -0.25) is 4.79 Å². The molecule has 0 saturated heterocycles. The standard InChI is InChI=1S/C13H22N4OS/c1-4-17(8-9-6-5-7-9)12(18)10-11(14)15-13(19-10)16(2)3/h9H,4-8,14H2,1-3H3. The maximum atomic E-state index is 12.5. The highest BCUT2D eigenvalue weighted by Crippen LogP contribution is 2.30. The maximum absolute atomic E-state index is 12.5. The molecule has 1 fully saturated rings. The first-order valence-corrected chi connectivity index (χ1v) is 7.57. The van der Waals surface area contributed by atoms with Crippen molar-refractivity contribution in [3.63, 3.8) is 0 Å². The molecule has 0 aromatic carbocycles. The average Bonchev–Trinajstić information content (AvgIpc) is 2.70. The normalized spacial score (nSPS) is 15.1. The summed E-state index contributed by atoms with van der Waals surface area (Å²) in [6.07, 6.45) is 3.78. The Morgan fingerprint density at radius 1 is 1.47 bits per heavy atom. The predicted octanol–water partition coefficient (Wildman–Crippen LogP) is 2.05. The lowest BCUT2D eigenvalue weighted by atomic mass is 9.85. The van der Waals surface area contributed by atoms with E-state index < -0.39 is 0 Å². The van der Waals surface area contributed by atoms with Crippen LogP contribution in [-0.2, 0) is 0 Å². The summed E-state index contributed by atoms with van der Waals surface area (Å²) in [7, 11) is 3.80. The third kappa shape index (κ3) is 3.00. The van der Waals surface area contributed by atoms with Gasteiger partial charge in [-0.2, -0.15) is 0 Å². The molecule has 0 aliphatic heterocycles. The van der Waals surface area contributed by atoms with E-state index in [1.165, 1.54) is 30.6 Å². The van der Waals surface area contributed by atoms with Gasteiger partial charge in [0, 0.05) is 27.2 Å². The minimum absolute atomic E-state index is 0.0255. The van der Waals surface area contributed by atoms with E-state index in [1.54, 1.807) is 0 Å². The molecule has 2 rings (SSSR count). The molecule has 1 heterocycles. The van der Waals surface area contributed by atoms with E-state index in [-0.39, 0.29) is 5.91 Å². The van der Waals surface area contributed by atoms with Gasteiger partial charge in [0.1, 0.15) is 10.7 Å². The smallest absolute Gasteiger partial charge is 0.267 e. The topological polar surface area (TPSA) is 62.5 Å². The molecule has 1 amide bonds. The number of thiazole rings is 1. The molecule has 1 aromatic rings. The van der Waals surface area contributed by atoms with Crippen molar-refractivity contribution >= 4 is 28.2 Å². The van der Waals surface area contributed by atoms with Gasteiger partial charge in [-0.15, -0.1) is 0 Å². The molecule has 1 aliphatic carbocycles. The molecule has 1 aliphatic rings. The molecule has 1 aromatic heterocycles. The quantitative estimate of drug-likeness (QED) is 0.898. The van der Waals surface area contributed by atoms with Crippen LogP contribution < -0.4 is 10.6 Å². The molecule has 0 radical (unpaired) electrons. The summed E-state index contributed by atoms with van der Waals surface area (Å²) >= 11 is 1.37. The Bertz CT molecular complexity index is 453. The molecule has 0 spiro atoms. The molecule has 6 heteroatoms. The van der Waals surface area contributed by atoms with Gasteiger partial charge in [0.15, 0.2) is 5.13 Å². The number of hydrogen-bond acceptors (Lipinski definition) is 5. The number of anilines is 2. The van der Waals surface area contributed by atoms with Crippen LogP contribution in [0.4, 0.5) is 10.9 Å². The zero-order valence-electron chi connectivity index (χ0n) is 11.8. The summed E-state index contributed by atoms with van der Waals surface area (Å²) in [5, 5.41) is 0.778. The van der Waals surface area contributed by atoms with Crippen molar-refractivity contribution in [3.05, 3.63) is 4.88 Å². The van der Waals surface area contributed by atoms with E-state index in [4.69, 9.17) is 5.73 Å². The second kappa shape index (κ2) is 5.77. The number of aromatic nitrogens is 1. The van der Waals surface area contributed by atoms with E-state index in [0.717, 1.165) is 18.2 Å². The fraction of sp³-hybridized carbons (Fsp3) is 0.692.